The van der Waals surface area contributed by atoms with Crippen molar-refractivity contribution in [1.29, 1.82) is 0 Å². The molecule has 0 aliphatic carbocycles. The van der Waals surface area contributed by atoms with Gasteiger partial charge in [-0.05, 0) is 11.0 Å². The molecule has 0 saturated carbocycles. The molecule has 0 radical (unpaired) electrons. The topological polar surface area (TPSA) is 27.7 Å². The smallest absolute Gasteiger partial charge is 0.301 e. The fourth-order valence-corrected chi connectivity index (χ4v) is 1.60. The van der Waals surface area contributed by atoms with Crippen molar-refractivity contribution in [2.45, 2.75) is 6.61 Å². The summed E-state index contributed by atoms with van der Waals surface area (Å²) in [6, 6.07) is 19.1. The highest BCUT2D eigenvalue weighted by molar-refractivity contribution is 6.64. The quantitative estimate of drug-likeness (QED) is 0.455. The molecule has 0 N–H and O–H groups in total. The molecule has 0 atom stereocenters. The molecule has 0 aromatic heterocycles. The number of hydrogen-bond acceptors (Lipinski definition) is 3. The monoisotopic (exact) mass is 262 g/mol. The van der Waals surface area contributed by atoms with E-state index in [1.807, 2.05) is 60.7 Å². The van der Waals surface area contributed by atoms with Crippen molar-refractivity contribution in [2.75, 3.05) is 0 Å². The Morgan fingerprint density at radius 2 is 1.50 bits per heavy atom. The minimum atomic E-state index is -0.739. The second-order valence-corrected chi connectivity index (χ2v) is 3.85. The average Bonchev–Trinajstić information content (AvgIpc) is 2.46. The Hall–Kier alpha value is -1.33. The Kier molecular flexibility index (Phi) is 5.24. The van der Waals surface area contributed by atoms with Gasteiger partial charge in [0.15, 0.2) is 0 Å². The van der Waals surface area contributed by atoms with Crippen LogP contribution in [-0.4, -0.2) is 7.12 Å². The fourth-order valence-electron chi connectivity index (χ4n) is 1.47. The maximum atomic E-state index is 5.38. The van der Waals surface area contributed by atoms with E-state index in [-0.39, 0.29) is 0 Å². The lowest BCUT2D eigenvalue weighted by Gasteiger charge is -2.09. The summed E-state index contributed by atoms with van der Waals surface area (Å²) in [7, 11) is -0.739. The van der Waals surface area contributed by atoms with Crippen molar-refractivity contribution in [2.24, 2.45) is 0 Å². The van der Waals surface area contributed by atoms with Crippen LogP contribution in [0, 0.1) is 0 Å². The van der Waals surface area contributed by atoms with Crippen molar-refractivity contribution in [3.63, 3.8) is 0 Å². The van der Waals surface area contributed by atoms with E-state index in [4.69, 9.17) is 25.8 Å². The van der Waals surface area contributed by atoms with Crippen molar-refractivity contribution in [3.05, 3.63) is 66.2 Å². The summed E-state index contributed by atoms with van der Waals surface area (Å²) in [5, 5.41) is 0. The van der Waals surface area contributed by atoms with Gasteiger partial charge < -0.3 is 4.21 Å². The molecule has 0 saturated heterocycles. The van der Waals surface area contributed by atoms with Gasteiger partial charge in [-0.1, -0.05) is 60.7 Å². The molecule has 2 aromatic rings. The second-order valence-electron chi connectivity index (χ2n) is 3.68. The van der Waals surface area contributed by atoms with E-state index in [1.165, 1.54) is 0 Å². The molecule has 0 unspecified atom stereocenters. The van der Waals surface area contributed by atoms with Crippen LogP contribution in [0.2, 0.25) is 0 Å². The Bertz CT molecular complexity index is 452. The number of hydrogen-bond donors (Lipinski definition) is 0. The van der Waals surface area contributed by atoms with Crippen LogP contribution in [0.25, 0.3) is 0 Å². The van der Waals surface area contributed by atoms with Crippen LogP contribution in [0.4, 0.5) is 0 Å². The van der Waals surface area contributed by atoms with Crippen LogP contribution in [0.3, 0.4) is 0 Å². The van der Waals surface area contributed by atoms with E-state index in [0.29, 0.717) is 6.61 Å². The molecule has 2 aromatic carbocycles. The molecule has 18 heavy (non-hydrogen) atoms. The zero-order chi connectivity index (χ0) is 12.6. The zero-order valence-electron chi connectivity index (χ0n) is 9.66. The molecular weight excluding hydrogens is 250 g/mol. The third-order valence-electron chi connectivity index (χ3n) is 2.38. The maximum absolute atomic E-state index is 5.38. The lowest BCUT2D eigenvalue weighted by atomic mass is 9.80. The van der Waals surface area contributed by atoms with Gasteiger partial charge in [-0.3, -0.25) is 4.81 Å². The summed E-state index contributed by atoms with van der Waals surface area (Å²) in [6.45, 7) is 0.338. The van der Waals surface area contributed by atoms with Gasteiger partial charge in [0, 0.05) is 11.9 Å². The largest absolute Gasteiger partial charge is 0.541 e. The summed E-state index contributed by atoms with van der Waals surface area (Å²) < 4.78 is 4.70. The summed E-state index contributed by atoms with van der Waals surface area (Å²) >= 11 is 5.38. The van der Waals surface area contributed by atoms with Crippen LogP contribution in [0.1, 0.15) is 5.56 Å². The lowest BCUT2D eigenvalue weighted by Crippen LogP contribution is -2.34. The predicted molar refractivity (Wildman–Crippen MR) is 71.1 cm³/mol. The van der Waals surface area contributed by atoms with Crippen LogP contribution in [0.15, 0.2) is 60.7 Å². The summed E-state index contributed by atoms with van der Waals surface area (Å²) in [4.78, 5) is 10.2. The van der Waals surface area contributed by atoms with Crippen LogP contribution >= 0.6 is 11.9 Å². The van der Waals surface area contributed by atoms with E-state index in [0.717, 1.165) is 11.0 Å². The van der Waals surface area contributed by atoms with Crippen molar-refractivity contribution in [3.8, 4) is 0 Å². The van der Waals surface area contributed by atoms with E-state index < -0.39 is 7.12 Å². The Morgan fingerprint density at radius 3 is 2.11 bits per heavy atom. The van der Waals surface area contributed by atoms with Gasteiger partial charge in [0.1, 0.15) is 6.61 Å². The average molecular weight is 263 g/mol. The first-order valence-electron chi connectivity index (χ1n) is 5.54. The van der Waals surface area contributed by atoms with Gasteiger partial charge in [0.2, 0.25) is 0 Å². The van der Waals surface area contributed by atoms with Crippen LogP contribution in [-0.2, 0) is 20.5 Å². The first kappa shape index (κ1) is 13.1. The number of benzene rings is 2. The number of rotatable bonds is 6. The molecule has 3 nitrogen and oxygen atoms in total. The third kappa shape index (κ3) is 3.86. The molecule has 0 heterocycles. The summed E-state index contributed by atoms with van der Waals surface area (Å²) in [6.07, 6.45) is 0. The summed E-state index contributed by atoms with van der Waals surface area (Å²) in [5.41, 5.74) is 1.81. The standard InChI is InChI=1S/C13H12BClO3/c15-17-14(13-9-5-2-6-10-13)18-16-11-12-7-3-1-4-8-12/h1-10H,11H2. The minimum absolute atomic E-state index is 0.338. The highest BCUT2D eigenvalue weighted by Gasteiger charge is 2.22. The van der Waals surface area contributed by atoms with Crippen LogP contribution < -0.4 is 5.46 Å². The van der Waals surface area contributed by atoms with Gasteiger partial charge in [-0.2, -0.15) is 0 Å². The molecule has 5 heteroatoms. The normalized spacial score (nSPS) is 10.3. The van der Waals surface area contributed by atoms with Gasteiger partial charge in [0.05, 0.1) is 0 Å². The third-order valence-corrected chi connectivity index (χ3v) is 2.54. The number of halogens is 1. The first-order chi connectivity index (χ1) is 8.90. The highest BCUT2D eigenvalue weighted by Crippen LogP contribution is 2.03. The van der Waals surface area contributed by atoms with E-state index in [1.54, 1.807) is 0 Å². The van der Waals surface area contributed by atoms with Gasteiger partial charge >= 0.3 is 7.12 Å². The maximum Gasteiger partial charge on any atom is 0.541 e. The summed E-state index contributed by atoms with van der Waals surface area (Å²) in [5.74, 6) is 0. The zero-order valence-corrected chi connectivity index (χ0v) is 10.4. The van der Waals surface area contributed by atoms with E-state index in [2.05, 4.69) is 0 Å². The Labute approximate surface area is 111 Å². The molecular formula is C13H12BClO3. The molecule has 0 aliphatic heterocycles. The lowest BCUT2D eigenvalue weighted by molar-refractivity contribution is -0.229. The molecule has 0 amide bonds. The minimum Gasteiger partial charge on any atom is -0.301 e. The van der Waals surface area contributed by atoms with Crippen LogP contribution in [0.5, 0.6) is 0 Å². The van der Waals surface area contributed by atoms with Crippen molar-refractivity contribution >= 4 is 24.4 Å². The Morgan fingerprint density at radius 1 is 0.889 bits per heavy atom. The molecule has 0 bridgehead atoms. The van der Waals surface area contributed by atoms with E-state index >= 15 is 0 Å². The molecule has 0 spiro atoms. The predicted octanol–water partition coefficient (Wildman–Crippen LogP) is 2.70. The Balaban J connectivity index is 1.85. The molecule has 0 aliphatic rings. The first-order valence-corrected chi connectivity index (χ1v) is 5.85. The van der Waals surface area contributed by atoms with Gasteiger partial charge in [-0.15, -0.1) is 0 Å². The second kappa shape index (κ2) is 7.19. The van der Waals surface area contributed by atoms with Crippen molar-refractivity contribution < 1.29 is 13.9 Å². The van der Waals surface area contributed by atoms with Crippen molar-refractivity contribution in [1.82, 2.24) is 0 Å². The molecule has 2 rings (SSSR count). The van der Waals surface area contributed by atoms with Gasteiger partial charge in [0.25, 0.3) is 0 Å². The highest BCUT2D eigenvalue weighted by atomic mass is 35.5. The SMILES string of the molecule is ClOB(OOCc1ccccc1)c1ccccc1. The molecule has 0 fully saturated rings. The fraction of sp³-hybridized carbons (Fsp3) is 0.0769. The van der Waals surface area contributed by atoms with E-state index in [9.17, 15) is 0 Å². The van der Waals surface area contributed by atoms with Gasteiger partial charge in [-0.25, -0.2) is 4.89 Å². The molecule has 92 valence electrons.